The number of carbonyl (C=O) groups is 1. The zero-order chi connectivity index (χ0) is 14.5. The van der Waals surface area contributed by atoms with Crippen LogP contribution in [0.3, 0.4) is 0 Å². The second-order valence-electron chi connectivity index (χ2n) is 3.75. The zero-order valence-electron chi connectivity index (χ0n) is 9.88. The molecule has 0 saturated heterocycles. The Hall–Kier alpha value is -0.940. The highest BCUT2D eigenvalue weighted by atomic mass is 35.5. The van der Waals surface area contributed by atoms with Crippen molar-refractivity contribution in [2.45, 2.75) is 6.18 Å². The van der Waals surface area contributed by atoms with Crippen molar-refractivity contribution in [2.75, 3.05) is 29.7 Å². The summed E-state index contributed by atoms with van der Waals surface area (Å²) in [7, 11) is 0. The number of benzene rings is 1. The molecule has 0 aliphatic carbocycles. The molecule has 0 aromatic heterocycles. The van der Waals surface area contributed by atoms with E-state index in [0.717, 1.165) is 12.1 Å². The first kappa shape index (κ1) is 16.1. The molecule has 0 heterocycles. The molecule has 1 aromatic rings. The number of anilines is 1. The van der Waals surface area contributed by atoms with E-state index in [0.29, 0.717) is 18.8 Å². The normalized spacial score (nSPS) is 11.4. The summed E-state index contributed by atoms with van der Waals surface area (Å²) in [6, 6.07) is 3.56. The Morgan fingerprint density at radius 1 is 1.16 bits per heavy atom. The average molecular weight is 314 g/mol. The Bertz CT molecular complexity index is 431. The van der Waals surface area contributed by atoms with Crippen LogP contribution < -0.4 is 4.90 Å². The summed E-state index contributed by atoms with van der Waals surface area (Å²) < 4.78 is 38.5. The van der Waals surface area contributed by atoms with Crippen LogP contribution in [0.1, 0.15) is 15.9 Å². The van der Waals surface area contributed by atoms with Crippen LogP contribution in [0.25, 0.3) is 0 Å². The number of hydrogen-bond donors (Lipinski definition) is 0. The van der Waals surface area contributed by atoms with Gasteiger partial charge in [0.2, 0.25) is 0 Å². The number of nitrogens with zero attached hydrogens (tertiary/aromatic N) is 1. The molecule has 0 fully saturated rings. The Morgan fingerprint density at radius 2 is 1.74 bits per heavy atom. The summed E-state index contributed by atoms with van der Waals surface area (Å²) in [6.07, 6.45) is -4.38. The minimum absolute atomic E-state index is 0.194. The van der Waals surface area contributed by atoms with Gasteiger partial charge in [-0.1, -0.05) is 0 Å². The monoisotopic (exact) mass is 313 g/mol. The predicted molar refractivity (Wildman–Crippen MR) is 70.5 cm³/mol. The van der Waals surface area contributed by atoms with E-state index in [-0.39, 0.29) is 23.6 Å². The highest BCUT2D eigenvalue weighted by Crippen LogP contribution is 2.34. The van der Waals surface area contributed by atoms with Crippen molar-refractivity contribution in [3.05, 3.63) is 29.3 Å². The van der Waals surface area contributed by atoms with Gasteiger partial charge in [-0.2, -0.15) is 13.2 Å². The molecule has 19 heavy (non-hydrogen) atoms. The lowest BCUT2D eigenvalue weighted by Gasteiger charge is -2.24. The number of carbonyl (C=O) groups excluding carboxylic acids is 1. The van der Waals surface area contributed by atoms with Crippen molar-refractivity contribution in [3.63, 3.8) is 0 Å². The first-order valence-corrected chi connectivity index (χ1v) is 6.54. The van der Waals surface area contributed by atoms with E-state index in [2.05, 4.69) is 0 Å². The Balaban J connectivity index is 3.19. The maximum atomic E-state index is 12.8. The van der Waals surface area contributed by atoms with Crippen molar-refractivity contribution in [1.82, 2.24) is 0 Å². The van der Waals surface area contributed by atoms with Crippen LogP contribution in [-0.4, -0.2) is 31.1 Å². The lowest BCUT2D eigenvalue weighted by Crippen LogP contribution is -2.28. The largest absolute Gasteiger partial charge is 0.417 e. The molecule has 0 spiro atoms. The predicted octanol–water partition coefficient (Wildman–Crippen LogP) is 3.80. The van der Waals surface area contributed by atoms with Crippen molar-refractivity contribution in [2.24, 2.45) is 0 Å². The van der Waals surface area contributed by atoms with Crippen molar-refractivity contribution in [1.29, 1.82) is 0 Å². The fourth-order valence-electron chi connectivity index (χ4n) is 1.66. The van der Waals surface area contributed by atoms with Gasteiger partial charge in [-0.05, 0) is 18.2 Å². The molecule has 7 heteroatoms. The molecule has 0 radical (unpaired) electrons. The maximum Gasteiger partial charge on any atom is 0.417 e. The zero-order valence-corrected chi connectivity index (χ0v) is 11.4. The van der Waals surface area contributed by atoms with Crippen LogP contribution in [-0.2, 0) is 6.18 Å². The molecular weight excluding hydrogens is 302 g/mol. The smallest absolute Gasteiger partial charge is 0.369 e. The number of rotatable bonds is 6. The Kier molecular flexibility index (Phi) is 5.94. The van der Waals surface area contributed by atoms with E-state index in [1.807, 2.05) is 0 Å². The first-order valence-electron chi connectivity index (χ1n) is 5.47. The molecule has 106 valence electrons. The molecule has 0 aliphatic rings. The first-order chi connectivity index (χ1) is 8.93. The molecule has 0 aliphatic heterocycles. The Labute approximate surface area is 119 Å². The van der Waals surface area contributed by atoms with Crippen molar-refractivity contribution < 1.29 is 18.0 Å². The van der Waals surface area contributed by atoms with E-state index in [9.17, 15) is 18.0 Å². The molecule has 0 saturated carbocycles. The van der Waals surface area contributed by atoms with Gasteiger partial charge in [0.15, 0.2) is 6.29 Å². The van der Waals surface area contributed by atoms with Crippen LogP contribution in [0.5, 0.6) is 0 Å². The van der Waals surface area contributed by atoms with E-state index in [1.165, 1.54) is 6.07 Å². The lowest BCUT2D eigenvalue weighted by molar-refractivity contribution is -0.137. The molecular formula is C12H12Cl2F3NO. The van der Waals surface area contributed by atoms with Crippen LogP contribution >= 0.6 is 23.2 Å². The number of alkyl halides is 5. The van der Waals surface area contributed by atoms with Crippen LogP contribution in [0.15, 0.2) is 18.2 Å². The summed E-state index contributed by atoms with van der Waals surface area (Å²) in [5.74, 6) is 0.543. The van der Waals surface area contributed by atoms with Gasteiger partial charge in [-0.15, -0.1) is 23.2 Å². The van der Waals surface area contributed by atoms with E-state index in [1.54, 1.807) is 4.90 Å². The molecule has 0 atom stereocenters. The van der Waals surface area contributed by atoms with Crippen LogP contribution in [0.2, 0.25) is 0 Å². The second-order valence-corrected chi connectivity index (χ2v) is 4.51. The van der Waals surface area contributed by atoms with Gasteiger partial charge in [0.1, 0.15) is 0 Å². The van der Waals surface area contributed by atoms with Gasteiger partial charge < -0.3 is 4.90 Å². The fraction of sp³-hybridized carbons (Fsp3) is 0.417. The molecule has 1 rings (SSSR count). The van der Waals surface area contributed by atoms with Gasteiger partial charge in [0.05, 0.1) is 5.56 Å². The summed E-state index contributed by atoms with van der Waals surface area (Å²) in [6.45, 7) is 0.762. The van der Waals surface area contributed by atoms with E-state index in [4.69, 9.17) is 23.2 Å². The highest BCUT2D eigenvalue weighted by molar-refractivity contribution is 6.18. The summed E-state index contributed by atoms with van der Waals surface area (Å²) in [5, 5.41) is 0. The summed E-state index contributed by atoms with van der Waals surface area (Å²) in [5.41, 5.74) is -0.985. The van der Waals surface area contributed by atoms with Gasteiger partial charge in [-0.25, -0.2) is 0 Å². The molecule has 0 amide bonds. The quantitative estimate of drug-likeness (QED) is 0.588. The van der Waals surface area contributed by atoms with Crippen LogP contribution in [0.4, 0.5) is 18.9 Å². The molecule has 1 aromatic carbocycles. The minimum atomic E-state index is -4.57. The SMILES string of the molecule is O=Cc1ccc(N(CCCl)CCCl)cc1C(F)(F)F. The summed E-state index contributed by atoms with van der Waals surface area (Å²) >= 11 is 11.2. The maximum absolute atomic E-state index is 12.8. The highest BCUT2D eigenvalue weighted by Gasteiger charge is 2.33. The van der Waals surface area contributed by atoms with E-state index >= 15 is 0 Å². The molecule has 0 bridgehead atoms. The molecule has 2 nitrogen and oxygen atoms in total. The van der Waals surface area contributed by atoms with Crippen LogP contribution in [0, 0.1) is 0 Å². The molecule has 0 unspecified atom stereocenters. The third-order valence-corrected chi connectivity index (χ3v) is 2.88. The molecule has 0 N–H and O–H groups in total. The second kappa shape index (κ2) is 7.01. The third-order valence-electron chi connectivity index (χ3n) is 2.54. The average Bonchev–Trinajstić information content (AvgIpc) is 2.37. The van der Waals surface area contributed by atoms with E-state index < -0.39 is 11.7 Å². The van der Waals surface area contributed by atoms with Gasteiger partial charge in [0, 0.05) is 36.1 Å². The topological polar surface area (TPSA) is 20.3 Å². The Morgan fingerprint density at radius 3 is 2.16 bits per heavy atom. The van der Waals surface area contributed by atoms with Crippen molar-refractivity contribution >= 4 is 35.2 Å². The standard InChI is InChI=1S/C12H12Cl2F3NO/c13-3-5-18(6-4-14)10-2-1-9(8-19)11(7-10)12(15,16)17/h1-2,7-8H,3-6H2. The third kappa shape index (κ3) is 4.28. The summed E-state index contributed by atoms with van der Waals surface area (Å²) in [4.78, 5) is 12.3. The van der Waals surface area contributed by atoms with Gasteiger partial charge >= 0.3 is 6.18 Å². The minimum Gasteiger partial charge on any atom is -0.369 e. The number of halogens is 5. The lowest BCUT2D eigenvalue weighted by atomic mass is 10.1. The van der Waals surface area contributed by atoms with Crippen molar-refractivity contribution in [3.8, 4) is 0 Å². The van der Waals surface area contributed by atoms with Gasteiger partial charge in [0.25, 0.3) is 0 Å². The fourth-order valence-corrected chi connectivity index (χ4v) is 2.07. The van der Waals surface area contributed by atoms with Gasteiger partial charge in [-0.3, -0.25) is 4.79 Å². The number of aldehydes is 1. The number of hydrogen-bond acceptors (Lipinski definition) is 2.